The highest BCUT2D eigenvalue weighted by Gasteiger charge is 2.21. The smallest absolute Gasteiger partial charge is 0.306 e. The van der Waals surface area contributed by atoms with Gasteiger partial charge >= 0.3 is 11.9 Å². The third-order valence-electron chi connectivity index (χ3n) is 12.0. The van der Waals surface area contributed by atoms with E-state index in [4.69, 9.17) is 18.5 Å². The summed E-state index contributed by atoms with van der Waals surface area (Å²) in [6, 6.07) is 0. The summed E-state index contributed by atoms with van der Waals surface area (Å²) >= 11 is 0. The van der Waals surface area contributed by atoms with Crippen LogP contribution >= 0.6 is 7.82 Å². The molecule has 0 aliphatic carbocycles. The summed E-state index contributed by atoms with van der Waals surface area (Å²) in [5.41, 5.74) is 0. The predicted octanol–water partition coefficient (Wildman–Crippen LogP) is 17.7. The Kier molecular flexibility index (Phi) is 51.6. The highest BCUT2D eigenvalue weighted by Crippen LogP contribution is 2.38. The molecule has 10 heteroatoms. The Morgan fingerprint density at radius 2 is 0.770 bits per heavy atom. The van der Waals surface area contributed by atoms with E-state index in [0.717, 1.165) is 116 Å². The summed E-state index contributed by atoms with van der Waals surface area (Å²) in [5, 5.41) is 0. The number of phosphoric ester groups is 1. The molecule has 0 aromatic rings. The van der Waals surface area contributed by atoms with Crippen molar-refractivity contribution in [2.75, 3.05) is 47.5 Å². The molecule has 0 fully saturated rings. The fourth-order valence-electron chi connectivity index (χ4n) is 7.47. The topological polar surface area (TPSA) is 111 Å². The second-order valence-corrected chi connectivity index (χ2v) is 21.7. The normalized spacial score (nSPS) is 14.2. The Labute approximate surface area is 454 Å². The average molecular weight is 1050 g/mol. The van der Waals surface area contributed by atoms with Crippen molar-refractivity contribution in [1.29, 1.82) is 0 Å². The quantitative estimate of drug-likeness (QED) is 0.0195. The third kappa shape index (κ3) is 57.7. The zero-order valence-corrected chi connectivity index (χ0v) is 48.6. The monoisotopic (exact) mass is 1050 g/mol. The number of phosphoric acid groups is 1. The van der Waals surface area contributed by atoms with Gasteiger partial charge in [-0.3, -0.25) is 14.2 Å². The molecule has 0 aliphatic heterocycles. The van der Waals surface area contributed by atoms with E-state index in [1.54, 1.807) is 0 Å². The zero-order valence-electron chi connectivity index (χ0n) is 47.7. The minimum atomic E-state index is -4.65. The van der Waals surface area contributed by atoms with Crippen molar-refractivity contribution in [3.63, 3.8) is 0 Å². The van der Waals surface area contributed by atoms with Crippen LogP contribution in [-0.2, 0) is 32.7 Å². The van der Waals surface area contributed by atoms with Gasteiger partial charge in [0.25, 0.3) is 7.82 Å². The first-order valence-corrected chi connectivity index (χ1v) is 30.7. The largest absolute Gasteiger partial charge is 0.756 e. The Morgan fingerprint density at radius 1 is 0.432 bits per heavy atom. The van der Waals surface area contributed by atoms with Crippen LogP contribution in [0.25, 0.3) is 0 Å². The lowest BCUT2D eigenvalue weighted by molar-refractivity contribution is -0.870. The molecule has 9 nitrogen and oxygen atoms in total. The van der Waals surface area contributed by atoms with Gasteiger partial charge in [-0.15, -0.1) is 0 Å². The highest BCUT2D eigenvalue weighted by atomic mass is 31.2. The van der Waals surface area contributed by atoms with Crippen LogP contribution in [0.1, 0.15) is 219 Å². The minimum Gasteiger partial charge on any atom is -0.756 e. The number of likely N-dealkylation sites (N-methyl/N-ethyl adjacent to an activating group) is 1. The predicted molar refractivity (Wildman–Crippen MR) is 314 cm³/mol. The first-order chi connectivity index (χ1) is 36.0. The molecule has 0 saturated carbocycles. The molecule has 2 atom stereocenters. The van der Waals surface area contributed by atoms with Gasteiger partial charge in [-0.1, -0.05) is 219 Å². The van der Waals surface area contributed by atoms with Crippen molar-refractivity contribution >= 4 is 19.8 Å². The highest BCUT2D eigenvalue weighted by molar-refractivity contribution is 7.45. The summed E-state index contributed by atoms with van der Waals surface area (Å²) in [6.07, 6.45) is 76.7. The Bertz CT molecular complexity index is 1660. The van der Waals surface area contributed by atoms with E-state index in [1.807, 2.05) is 21.1 Å². The number of esters is 2. The van der Waals surface area contributed by atoms with Crippen molar-refractivity contribution in [3.8, 4) is 0 Å². The maximum atomic E-state index is 12.8. The first kappa shape index (κ1) is 70.4. The number of carbonyl (C=O) groups excluding carboxylic acids is 2. The molecular weight excluding hydrogens is 942 g/mol. The number of allylic oxidation sites excluding steroid dienone is 20. The number of hydrogen-bond donors (Lipinski definition) is 0. The van der Waals surface area contributed by atoms with E-state index in [2.05, 4.69) is 135 Å². The summed E-state index contributed by atoms with van der Waals surface area (Å²) < 4.78 is 34.1. The molecule has 0 aromatic heterocycles. The first-order valence-electron chi connectivity index (χ1n) is 29.2. The van der Waals surface area contributed by atoms with E-state index in [1.165, 1.54) is 64.2 Å². The van der Waals surface area contributed by atoms with Gasteiger partial charge in [-0.05, 0) is 109 Å². The van der Waals surface area contributed by atoms with Crippen molar-refractivity contribution in [3.05, 3.63) is 122 Å². The lowest BCUT2D eigenvalue weighted by Gasteiger charge is -2.28. The molecule has 0 N–H and O–H groups in total. The molecule has 0 radical (unpaired) electrons. The van der Waals surface area contributed by atoms with Gasteiger partial charge in [0.15, 0.2) is 6.10 Å². The van der Waals surface area contributed by atoms with Crippen LogP contribution in [-0.4, -0.2) is 70.0 Å². The zero-order chi connectivity index (χ0) is 54.2. The van der Waals surface area contributed by atoms with Crippen molar-refractivity contribution < 1.29 is 42.1 Å². The molecule has 0 spiro atoms. The Hall–Kier alpha value is -3.59. The van der Waals surface area contributed by atoms with E-state index in [0.29, 0.717) is 23.9 Å². The van der Waals surface area contributed by atoms with Gasteiger partial charge in [-0.25, -0.2) is 0 Å². The van der Waals surface area contributed by atoms with E-state index >= 15 is 0 Å². The van der Waals surface area contributed by atoms with E-state index in [9.17, 15) is 19.0 Å². The minimum absolute atomic E-state index is 0.0398. The van der Waals surface area contributed by atoms with Gasteiger partial charge in [0, 0.05) is 12.8 Å². The fourth-order valence-corrected chi connectivity index (χ4v) is 8.19. The number of ether oxygens (including phenoxy) is 2. The molecule has 0 rings (SSSR count). The number of rotatable bonds is 52. The second-order valence-electron chi connectivity index (χ2n) is 20.3. The fraction of sp³-hybridized carbons (Fsp3) is 0.656. The standard InChI is InChI=1S/C64H108NO8P/c1-6-8-10-12-14-16-18-20-22-23-24-25-26-27-28-29-30-31-32-33-34-35-36-37-38-39-40-41-43-45-47-49-51-53-55-57-64(67)73-62(61-72-74(68,69)71-59-58-65(3,4)5)60-70-63(66)56-54-52-50-48-46-44-42-21-19-17-15-13-11-9-7-2/h8,10,14-17,20-22,24-25,27-28,30-31,33-34,36-37,42,62H,6-7,9,11-13,18-19,23,26,29,32,35,38-41,43-61H2,1-5H3/b10-8-,16-14-,17-15-,22-20-,25-24-,28-27-,31-30-,34-33-,37-36-,42-21-. The third-order valence-corrected chi connectivity index (χ3v) is 12.9. The molecule has 422 valence electrons. The number of unbranched alkanes of at least 4 members (excludes halogenated alkanes) is 18. The maximum absolute atomic E-state index is 12.8. The van der Waals surface area contributed by atoms with Crippen LogP contribution in [0.15, 0.2) is 122 Å². The number of carbonyl (C=O) groups is 2. The van der Waals surface area contributed by atoms with Crippen LogP contribution in [0, 0.1) is 0 Å². The van der Waals surface area contributed by atoms with Crippen LogP contribution in [0.5, 0.6) is 0 Å². The molecule has 2 unspecified atom stereocenters. The Morgan fingerprint density at radius 3 is 1.15 bits per heavy atom. The number of quaternary nitrogens is 1. The number of nitrogens with zero attached hydrogens (tertiary/aromatic N) is 1. The lowest BCUT2D eigenvalue weighted by atomic mass is 10.0. The van der Waals surface area contributed by atoms with Crippen LogP contribution in [0.3, 0.4) is 0 Å². The molecule has 0 saturated heterocycles. The molecule has 0 heterocycles. The summed E-state index contributed by atoms with van der Waals surface area (Å²) in [7, 11) is 1.14. The Balaban J connectivity index is 4.15. The van der Waals surface area contributed by atoms with Crippen molar-refractivity contribution in [1.82, 2.24) is 0 Å². The molecule has 0 aliphatic rings. The average Bonchev–Trinajstić information content (AvgIpc) is 3.36. The second kappa shape index (κ2) is 54.2. The van der Waals surface area contributed by atoms with Crippen LogP contribution in [0.4, 0.5) is 0 Å². The SMILES string of the molecule is CC/C=C\C/C=C\C/C=C\C/C=C\C/C=C\C/C=C\C/C=C\C/C=C\CCCCCCCCCCCCC(=O)OC(COC(=O)CCCCCCC/C=C\C/C=C\CCCCC)COP(=O)([O-])OCC[N+](C)(C)C. The number of hydrogen-bond acceptors (Lipinski definition) is 8. The molecule has 0 aromatic carbocycles. The van der Waals surface area contributed by atoms with Gasteiger partial charge in [0.2, 0.25) is 0 Å². The van der Waals surface area contributed by atoms with Gasteiger partial charge in [0.1, 0.15) is 19.8 Å². The van der Waals surface area contributed by atoms with Gasteiger partial charge in [-0.2, -0.15) is 0 Å². The van der Waals surface area contributed by atoms with Crippen LogP contribution < -0.4 is 4.89 Å². The molecule has 0 bridgehead atoms. The van der Waals surface area contributed by atoms with Gasteiger partial charge < -0.3 is 27.9 Å². The lowest BCUT2D eigenvalue weighted by Crippen LogP contribution is -2.37. The maximum Gasteiger partial charge on any atom is 0.306 e. The van der Waals surface area contributed by atoms with E-state index < -0.39 is 32.5 Å². The van der Waals surface area contributed by atoms with Crippen molar-refractivity contribution in [2.45, 2.75) is 225 Å². The van der Waals surface area contributed by atoms with E-state index in [-0.39, 0.29) is 26.1 Å². The molecule has 74 heavy (non-hydrogen) atoms. The van der Waals surface area contributed by atoms with Gasteiger partial charge in [0.05, 0.1) is 27.7 Å². The molecule has 0 amide bonds. The summed E-state index contributed by atoms with van der Waals surface area (Å²) in [6.45, 7) is 4.06. The molecular formula is C64H108NO8P. The van der Waals surface area contributed by atoms with Crippen LogP contribution in [0.2, 0.25) is 0 Å². The van der Waals surface area contributed by atoms with Crippen molar-refractivity contribution in [2.24, 2.45) is 0 Å². The summed E-state index contributed by atoms with van der Waals surface area (Å²) in [4.78, 5) is 37.8. The summed E-state index contributed by atoms with van der Waals surface area (Å²) in [5.74, 6) is -0.861.